The zero-order valence-electron chi connectivity index (χ0n) is 19.1. The van der Waals surface area contributed by atoms with E-state index in [-0.39, 0.29) is 17.6 Å². The maximum atomic E-state index is 13.6. The number of nitrogens with zero attached hydrogens (tertiary/aromatic N) is 3. The summed E-state index contributed by atoms with van der Waals surface area (Å²) in [5.74, 6) is -0.294. The summed E-state index contributed by atoms with van der Waals surface area (Å²) >= 11 is 0. The molecular weight excluding hydrogens is 417 g/mol. The lowest BCUT2D eigenvalue weighted by atomic mass is 9.97. The van der Waals surface area contributed by atoms with Gasteiger partial charge < -0.3 is 9.47 Å². The maximum Gasteiger partial charge on any atom is 0.277 e. The summed E-state index contributed by atoms with van der Waals surface area (Å²) in [4.78, 5) is 30.5. The molecular formula is C27H28FN3O2. The van der Waals surface area contributed by atoms with Crippen LogP contribution in [0.1, 0.15) is 30.9 Å². The van der Waals surface area contributed by atoms with E-state index < -0.39 is 0 Å². The third kappa shape index (κ3) is 3.84. The van der Waals surface area contributed by atoms with Crippen molar-refractivity contribution in [2.45, 2.75) is 26.2 Å². The molecule has 0 saturated carbocycles. The average Bonchev–Trinajstić information content (AvgIpc) is 3.27. The van der Waals surface area contributed by atoms with Crippen LogP contribution in [0.5, 0.6) is 0 Å². The van der Waals surface area contributed by atoms with Gasteiger partial charge in [0.25, 0.3) is 11.8 Å². The molecule has 0 unspecified atom stereocenters. The Morgan fingerprint density at radius 3 is 2.39 bits per heavy atom. The maximum absolute atomic E-state index is 13.6. The van der Waals surface area contributed by atoms with Crippen LogP contribution < -0.4 is 0 Å². The highest BCUT2D eigenvalue weighted by Crippen LogP contribution is 2.34. The number of aromatic nitrogens is 1. The first-order chi connectivity index (χ1) is 15.9. The predicted molar refractivity (Wildman–Crippen MR) is 127 cm³/mol. The van der Waals surface area contributed by atoms with Crippen LogP contribution in [0.15, 0.2) is 60.4 Å². The fraction of sp³-hybridized carbons (Fsp3) is 0.333. The fourth-order valence-corrected chi connectivity index (χ4v) is 5.03. The van der Waals surface area contributed by atoms with Gasteiger partial charge in [-0.1, -0.05) is 37.3 Å². The molecule has 1 saturated heterocycles. The molecule has 3 heterocycles. The van der Waals surface area contributed by atoms with Gasteiger partial charge in [0.15, 0.2) is 0 Å². The lowest BCUT2D eigenvalue weighted by molar-refractivity contribution is -0.137. The molecule has 1 fully saturated rings. The van der Waals surface area contributed by atoms with E-state index in [1.165, 1.54) is 17.0 Å². The number of hydrogen-bond acceptors (Lipinski definition) is 3. The van der Waals surface area contributed by atoms with Crippen LogP contribution in [0.4, 0.5) is 4.39 Å². The van der Waals surface area contributed by atoms with Gasteiger partial charge in [-0.2, -0.15) is 0 Å². The summed E-state index contributed by atoms with van der Waals surface area (Å²) in [6.07, 6.45) is 4.62. The van der Waals surface area contributed by atoms with Crippen molar-refractivity contribution in [1.29, 1.82) is 0 Å². The van der Waals surface area contributed by atoms with Crippen LogP contribution in [-0.2, 0) is 23.1 Å². The second kappa shape index (κ2) is 8.50. The average molecular weight is 446 g/mol. The largest absolute Gasteiger partial charge is 0.366 e. The summed E-state index contributed by atoms with van der Waals surface area (Å²) < 4.78 is 15.6. The number of aryl methyl sites for hydroxylation is 1. The number of benzene rings is 2. The van der Waals surface area contributed by atoms with E-state index in [1.54, 1.807) is 12.1 Å². The number of imide groups is 1. The Labute approximate surface area is 193 Å². The van der Waals surface area contributed by atoms with Gasteiger partial charge in [-0.25, -0.2) is 4.39 Å². The van der Waals surface area contributed by atoms with E-state index in [9.17, 15) is 14.0 Å². The summed E-state index contributed by atoms with van der Waals surface area (Å²) in [7, 11) is 2.00. The highest BCUT2D eigenvalue weighted by Gasteiger charge is 2.41. The molecule has 2 aliphatic heterocycles. The fourth-order valence-electron chi connectivity index (χ4n) is 5.03. The Hall–Kier alpha value is -3.41. The number of likely N-dealkylation sites (tertiary alicyclic amines) is 1. The topological polar surface area (TPSA) is 45.6 Å². The molecule has 5 nitrogen and oxygen atoms in total. The smallest absolute Gasteiger partial charge is 0.277 e. The van der Waals surface area contributed by atoms with Crippen molar-refractivity contribution in [3.8, 4) is 0 Å². The summed E-state index contributed by atoms with van der Waals surface area (Å²) in [5.41, 5.74) is 3.69. The van der Waals surface area contributed by atoms with Crippen LogP contribution in [0.3, 0.4) is 0 Å². The summed E-state index contributed by atoms with van der Waals surface area (Å²) in [6, 6.07) is 14.0. The number of carbonyl (C=O) groups excluding carboxylic acids is 2. The van der Waals surface area contributed by atoms with Crippen LogP contribution in [0.25, 0.3) is 16.5 Å². The lowest BCUT2D eigenvalue weighted by Crippen LogP contribution is -2.39. The minimum atomic E-state index is -0.364. The Morgan fingerprint density at radius 2 is 1.67 bits per heavy atom. The first-order valence-electron chi connectivity index (χ1n) is 11.6. The normalized spacial score (nSPS) is 17.7. The summed E-state index contributed by atoms with van der Waals surface area (Å²) in [5, 5.41) is 1.14. The number of halogens is 1. The van der Waals surface area contributed by atoms with Gasteiger partial charge in [-0.05, 0) is 54.5 Å². The molecule has 6 heteroatoms. The van der Waals surface area contributed by atoms with Gasteiger partial charge in [0, 0.05) is 43.8 Å². The third-order valence-electron chi connectivity index (χ3n) is 6.96. The number of amides is 2. The molecule has 0 radical (unpaired) electrons. The van der Waals surface area contributed by atoms with Gasteiger partial charge >= 0.3 is 0 Å². The van der Waals surface area contributed by atoms with Crippen LogP contribution in [-0.4, -0.2) is 45.8 Å². The Bertz CT molecular complexity index is 1250. The SMILES string of the molecule is CC1CCN(C2=C(c3ccc(F)cc3)C(=O)N(CCc3cn(C)c4ccccc34)C2=O)CC1. The Balaban J connectivity index is 1.46. The van der Waals surface area contributed by atoms with E-state index in [2.05, 4.69) is 34.7 Å². The van der Waals surface area contributed by atoms with Crippen molar-refractivity contribution in [2.24, 2.45) is 13.0 Å². The quantitative estimate of drug-likeness (QED) is 0.548. The molecule has 5 rings (SSSR count). The zero-order valence-corrected chi connectivity index (χ0v) is 19.1. The molecule has 0 spiro atoms. The molecule has 2 aliphatic rings. The molecule has 2 amide bonds. The summed E-state index contributed by atoms with van der Waals surface area (Å²) in [6.45, 7) is 4.02. The van der Waals surface area contributed by atoms with E-state index in [4.69, 9.17) is 0 Å². The van der Waals surface area contributed by atoms with E-state index in [0.29, 0.717) is 35.7 Å². The van der Waals surface area contributed by atoms with Gasteiger partial charge in [-0.15, -0.1) is 0 Å². The lowest BCUT2D eigenvalue weighted by Gasteiger charge is -2.32. The van der Waals surface area contributed by atoms with Crippen molar-refractivity contribution in [2.75, 3.05) is 19.6 Å². The second-order valence-corrected chi connectivity index (χ2v) is 9.19. The van der Waals surface area contributed by atoms with E-state index in [0.717, 1.165) is 42.4 Å². The molecule has 0 aliphatic carbocycles. The van der Waals surface area contributed by atoms with Crippen molar-refractivity contribution in [1.82, 2.24) is 14.4 Å². The molecule has 3 aromatic rings. The van der Waals surface area contributed by atoms with Gasteiger partial charge in [0.1, 0.15) is 11.5 Å². The predicted octanol–water partition coefficient (Wildman–Crippen LogP) is 4.37. The van der Waals surface area contributed by atoms with Gasteiger partial charge in [0.05, 0.1) is 5.57 Å². The Morgan fingerprint density at radius 1 is 0.970 bits per heavy atom. The highest BCUT2D eigenvalue weighted by molar-refractivity contribution is 6.35. The minimum Gasteiger partial charge on any atom is -0.366 e. The van der Waals surface area contributed by atoms with Gasteiger partial charge in [-0.3, -0.25) is 14.5 Å². The number of piperidine rings is 1. The Kier molecular flexibility index (Phi) is 5.52. The molecule has 0 bridgehead atoms. The van der Waals surface area contributed by atoms with Crippen molar-refractivity contribution >= 4 is 28.3 Å². The molecule has 170 valence electrons. The standard InChI is InChI=1S/C27H28FN3O2/c1-18-11-14-30(15-12-18)25-24(19-7-9-21(28)10-8-19)26(32)31(27(25)33)16-13-20-17-29(2)23-6-4-3-5-22(20)23/h3-10,17-18H,11-16H2,1-2H3. The second-order valence-electron chi connectivity index (χ2n) is 9.19. The molecule has 0 N–H and O–H groups in total. The number of fused-ring (bicyclic) bond motifs is 1. The molecule has 1 aromatic heterocycles. The molecule has 2 aromatic carbocycles. The number of para-hydroxylation sites is 1. The van der Waals surface area contributed by atoms with Crippen molar-refractivity contribution < 1.29 is 14.0 Å². The first kappa shape index (κ1) is 21.4. The van der Waals surface area contributed by atoms with Crippen LogP contribution in [0, 0.1) is 11.7 Å². The van der Waals surface area contributed by atoms with E-state index >= 15 is 0 Å². The highest BCUT2D eigenvalue weighted by atomic mass is 19.1. The van der Waals surface area contributed by atoms with Crippen molar-refractivity contribution in [3.63, 3.8) is 0 Å². The van der Waals surface area contributed by atoms with Crippen LogP contribution in [0.2, 0.25) is 0 Å². The third-order valence-corrected chi connectivity index (χ3v) is 6.96. The minimum absolute atomic E-state index is 0.242. The van der Waals surface area contributed by atoms with Gasteiger partial charge in [0.2, 0.25) is 0 Å². The van der Waals surface area contributed by atoms with E-state index in [1.807, 2.05) is 19.2 Å². The molecule has 33 heavy (non-hydrogen) atoms. The number of carbonyl (C=O) groups is 2. The van der Waals surface area contributed by atoms with Crippen LogP contribution >= 0.6 is 0 Å². The first-order valence-corrected chi connectivity index (χ1v) is 11.6. The number of rotatable bonds is 5. The molecule has 0 atom stereocenters. The zero-order chi connectivity index (χ0) is 23.1. The monoisotopic (exact) mass is 445 g/mol. The van der Waals surface area contributed by atoms with Crippen molar-refractivity contribution in [3.05, 3.63) is 77.4 Å². The number of hydrogen-bond donors (Lipinski definition) is 0.